The van der Waals surface area contributed by atoms with E-state index in [-0.39, 0.29) is 5.91 Å². The molecule has 5 heteroatoms. The normalized spacial score (nSPS) is 14.5. The van der Waals surface area contributed by atoms with Crippen LogP contribution in [-0.2, 0) is 0 Å². The van der Waals surface area contributed by atoms with E-state index in [1.807, 2.05) is 24.3 Å². The third kappa shape index (κ3) is 3.80. The molecule has 120 valence electrons. The Kier molecular flexibility index (Phi) is 4.76. The smallest absolute Gasteiger partial charge is 0.259 e. The van der Waals surface area contributed by atoms with Crippen LogP contribution in [0.25, 0.3) is 0 Å². The van der Waals surface area contributed by atoms with Crippen molar-refractivity contribution in [2.45, 2.75) is 31.7 Å². The number of hydrogen-bond donors (Lipinski definition) is 2. The maximum absolute atomic E-state index is 12.3. The molecule has 1 amide bonds. The first-order valence-corrected chi connectivity index (χ1v) is 7.93. The average molecular weight is 311 g/mol. The van der Waals surface area contributed by atoms with Crippen molar-refractivity contribution in [1.29, 1.82) is 0 Å². The minimum Gasteiger partial charge on any atom is -0.496 e. The Morgan fingerprint density at radius 3 is 2.65 bits per heavy atom. The molecule has 0 radical (unpaired) electrons. The summed E-state index contributed by atoms with van der Waals surface area (Å²) in [6.45, 7) is 0. The molecule has 1 saturated carbocycles. The van der Waals surface area contributed by atoms with E-state index in [9.17, 15) is 4.79 Å². The van der Waals surface area contributed by atoms with Crippen LogP contribution in [-0.4, -0.2) is 24.0 Å². The summed E-state index contributed by atoms with van der Waals surface area (Å²) < 4.78 is 5.21. The Balaban J connectivity index is 1.64. The number of carbonyl (C=O) groups is 1. The molecule has 0 saturated heterocycles. The predicted molar refractivity (Wildman–Crippen MR) is 91.1 cm³/mol. The maximum Gasteiger partial charge on any atom is 0.259 e. The van der Waals surface area contributed by atoms with Crippen LogP contribution in [0.1, 0.15) is 36.0 Å². The van der Waals surface area contributed by atoms with Gasteiger partial charge in [0.05, 0.1) is 24.6 Å². The van der Waals surface area contributed by atoms with Crippen LogP contribution in [0.4, 0.5) is 11.5 Å². The number of hydrogen-bond acceptors (Lipinski definition) is 4. The fourth-order valence-corrected chi connectivity index (χ4v) is 2.86. The standard InChI is InChI=1S/C18H21N3O2/c1-23-16-9-5-4-8-15(16)18(22)21-14-10-11-17(19-12-14)20-13-6-2-3-7-13/h4-5,8-13H,2-3,6-7H2,1H3,(H,19,20)(H,21,22). The zero-order chi connectivity index (χ0) is 16.1. The summed E-state index contributed by atoms with van der Waals surface area (Å²) >= 11 is 0. The van der Waals surface area contributed by atoms with E-state index in [1.165, 1.54) is 25.7 Å². The van der Waals surface area contributed by atoms with Gasteiger partial charge in [0, 0.05) is 6.04 Å². The summed E-state index contributed by atoms with van der Waals surface area (Å²) in [6.07, 6.45) is 6.64. The molecule has 0 unspecified atom stereocenters. The van der Waals surface area contributed by atoms with E-state index >= 15 is 0 Å². The first-order chi connectivity index (χ1) is 11.3. The van der Waals surface area contributed by atoms with Gasteiger partial charge in [-0.25, -0.2) is 4.98 Å². The first kappa shape index (κ1) is 15.3. The van der Waals surface area contributed by atoms with Crippen LogP contribution in [0.2, 0.25) is 0 Å². The third-order valence-electron chi connectivity index (χ3n) is 4.08. The van der Waals surface area contributed by atoms with Gasteiger partial charge in [0.15, 0.2) is 0 Å². The number of para-hydroxylation sites is 1. The third-order valence-corrected chi connectivity index (χ3v) is 4.08. The van der Waals surface area contributed by atoms with E-state index in [2.05, 4.69) is 15.6 Å². The number of carbonyl (C=O) groups excluding carboxylic acids is 1. The number of benzene rings is 1. The van der Waals surface area contributed by atoms with Gasteiger partial charge in [-0.1, -0.05) is 25.0 Å². The number of nitrogens with zero attached hydrogens (tertiary/aromatic N) is 1. The van der Waals surface area contributed by atoms with Crippen LogP contribution in [0, 0.1) is 0 Å². The summed E-state index contributed by atoms with van der Waals surface area (Å²) in [7, 11) is 1.55. The SMILES string of the molecule is COc1ccccc1C(=O)Nc1ccc(NC2CCCC2)nc1. The quantitative estimate of drug-likeness (QED) is 0.884. The molecule has 2 aromatic rings. The van der Waals surface area contributed by atoms with Crippen LogP contribution < -0.4 is 15.4 Å². The highest BCUT2D eigenvalue weighted by atomic mass is 16.5. The molecule has 0 spiro atoms. The van der Waals surface area contributed by atoms with Crippen LogP contribution in [0.3, 0.4) is 0 Å². The van der Waals surface area contributed by atoms with Crippen molar-refractivity contribution in [3.05, 3.63) is 48.2 Å². The van der Waals surface area contributed by atoms with E-state index in [0.717, 1.165) is 5.82 Å². The van der Waals surface area contributed by atoms with Crippen molar-refractivity contribution in [2.24, 2.45) is 0 Å². The predicted octanol–water partition coefficient (Wildman–Crippen LogP) is 3.70. The second kappa shape index (κ2) is 7.13. The van der Waals surface area contributed by atoms with E-state index in [4.69, 9.17) is 4.74 Å². The molecule has 1 fully saturated rings. The minimum absolute atomic E-state index is 0.208. The highest BCUT2D eigenvalue weighted by molar-refractivity contribution is 6.06. The number of rotatable bonds is 5. The average Bonchev–Trinajstić information content (AvgIpc) is 3.09. The highest BCUT2D eigenvalue weighted by Gasteiger charge is 2.15. The number of amides is 1. The van der Waals surface area contributed by atoms with Crippen molar-refractivity contribution in [1.82, 2.24) is 4.98 Å². The molecule has 0 atom stereocenters. The summed E-state index contributed by atoms with van der Waals surface area (Å²) in [5.74, 6) is 1.20. The van der Waals surface area contributed by atoms with Gasteiger partial charge < -0.3 is 15.4 Å². The van der Waals surface area contributed by atoms with Gasteiger partial charge in [0.25, 0.3) is 5.91 Å². The Bertz CT molecular complexity index is 664. The maximum atomic E-state index is 12.3. The molecule has 5 nitrogen and oxygen atoms in total. The molecule has 2 N–H and O–H groups in total. The lowest BCUT2D eigenvalue weighted by molar-refractivity contribution is 0.102. The number of ether oxygens (including phenoxy) is 1. The number of methoxy groups -OCH3 is 1. The lowest BCUT2D eigenvalue weighted by Crippen LogP contribution is -2.16. The van der Waals surface area contributed by atoms with Crippen molar-refractivity contribution >= 4 is 17.4 Å². The monoisotopic (exact) mass is 311 g/mol. The largest absolute Gasteiger partial charge is 0.496 e. The molecule has 1 aromatic heterocycles. The minimum atomic E-state index is -0.208. The number of aromatic nitrogens is 1. The van der Waals surface area contributed by atoms with E-state index in [0.29, 0.717) is 23.0 Å². The Morgan fingerprint density at radius 1 is 1.17 bits per heavy atom. The number of nitrogens with one attached hydrogen (secondary N) is 2. The molecule has 1 heterocycles. The fourth-order valence-electron chi connectivity index (χ4n) is 2.86. The molecule has 1 aliphatic carbocycles. The Hall–Kier alpha value is -2.56. The first-order valence-electron chi connectivity index (χ1n) is 7.93. The highest BCUT2D eigenvalue weighted by Crippen LogP contribution is 2.22. The lowest BCUT2D eigenvalue weighted by atomic mass is 10.2. The molecule has 23 heavy (non-hydrogen) atoms. The molecule has 0 aliphatic heterocycles. The Morgan fingerprint density at radius 2 is 1.96 bits per heavy atom. The second-order valence-corrected chi connectivity index (χ2v) is 5.71. The molecular weight excluding hydrogens is 290 g/mol. The van der Waals surface area contributed by atoms with Crippen molar-refractivity contribution in [2.75, 3.05) is 17.7 Å². The van der Waals surface area contributed by atoms with Gasteiger partial charge >= 0.3 is 0 Å². The van der Waals surface area contributed by atoms with E-state index in [1.54, 1.807) is 25.4 Å². The second-order valence-electron chi connectivity index (χ2n) is 5.71. The van der Waals surface area contributed by atoms with Gasteiger partial charge in [0.2, 0.25) is 0 Å². The summed E-state index contributed by atoms with van der Waals surface area (Å²) in [6, 6.07) is 11.4. The lowest BCUT2D eigenvalue weighted by Gasteiger charge is -2.13. The molecule has 3 rings (SSSR count). The van der Waals surface area contributed by atoms with Crippen LogP contribution in [0.5, 0.6) is 5.75 Å². The summed E-state index contributed by atoms with van der Waals surface area (Å²) in [4.78, 5) is 16.7. The van der Waals surface area contributed by atoms with Gasteiger partial charge in [0.1, 0.15) is 11.6 Å². The number of anilines is 2. The zero-order valence-corrected chi connectivity index (χ0v) is 13.2. The summed E-state index contributed by atoms with van der Waals surface area (Å²) in [5, 5.41) is 6.27. The fraction of sp³-hybridized carbons (Fsp3) is 0.333. The van der Waals surface area contributed by atoms with Gasteiger partial charge in [-0.2, -0.15) is 0 Å². The van der Waals surface area contributed by atoms with Crippen LogP contribution in [0.15, 0.2) is 42.6 Å². The topological polar surface area (TPSA) is 63.2 Å². The van der Waals surface area contributed by atoms with Gasteiger partial charge in [-0.05, 0) is 37.1 Å². The molecule has 1 aliphatic rings. The van der Waals surface area contributed by atoms with Crippen molar-refractivity contribution in [3.8, 4) is 5.75 Å². The molecular formula is C18H21N3O2. The Labute approximate surface area is 136 Å². The van der Waals surface area contributed by atoms with Gasteiger partial charge in [-0.3, -0.25) is 4.79 Å². The molecule has 0 bridgehead atoms. The number of pyridine rings is 1. The van der Waals surface area contributed by atoms with Crippen molar-refractivity contribution < 1.29 is 9.53 Å². The van der Waals surface area contributed by atoms with Crippen molar-refractivity contribution in [3.63, 3.8) is 0 Å². The zero-order valence-electron chi connectivity index (χ0n) is 13.2. The van der Waals surface area contributed by atoms with Gasteiger partial charge in [-0.15, -0.1) is 0 Å². The molecule has 1 aromatic carbocycles. The summed E-state index contributed by atoms with van der Waals surface area (Å²) in [5.41, 5.74) is 1.17. The van der Waals surface area contributed by atoms with E-state index < -0.39 is 0 Å². The van der Waals surface area contributed by atoms with Crippen LogP contribution >= 0.6 is 0 Å².